The number of carboxylic acid groups (broad SMARTS) is 1. The molecule has 24 heavy (non-hydrogen) atoms. The van der Waals surface area contributed by atoms with Gasteiger partial charge in [0.05, 0.1) is 10.1 Å². The molecule has 1 heterocycles. The first kappa shape index (κ1) is 18.5. The lowest BCUT2D eigenvalue weighted by Crippen LogP contribution is -2.42. The zero-order valence-corrected chi connectivity index (χ0v) is 15.4. The van der Waals surface area contributed by atoms with E-state index in [9.17, 15) is 14.7 Å². The predicted molar refractivity (Wildman–Crippen MR) is 95.2 cm³/mol. The molecule has 130 valence electrons. The summed E-state index contributed by atoms with van der Waals surface area (Å²) in [5, 5.41) is 12.7. The number of para-hydroxylation sites is 1. The van der Waals surface area contributed by atoms with Crippen LogP contribution in [0, 0.1) is 0 Å². The zero-order chi connectivity index (χ0) is 17.9. The maximum atomic E-state index is 12.4. The highest BCUT2D eigenvalue weighted by Gasteiger charge is 2.24. The molecule has 1 atom stereocenters. The van der Waals surface area contributed by atoms with Crippen LogP contribution < -0.4 is 5.32 Å². The number of aliphatic carboxylic acids is 1. The molecule has 1 amide bonds. The van der Waals surface area contributed by atoms with Crippen molar-refractivity contribution in [3.8, 4) is 0 Å². The molecule has 0 aliphatic rings. The number of amides is 1. The van der Waals surface area contributed by atoms with Crippen molar-refractivity contribution in [2.45, 2.75) is 38.8 Å². The van der Waals surface area contributed by atoms with Crippen LogP contribution in [0.1, 0.15) is 37.7 Å². The molecule has 1 aromatic heterocycles. The topological polar surface area (TPSA) is 91.4 Å². The van der Waals surface area contributed by atoms with Crippen molar-refractivity contribution < 1.29 is 19.4 Å². The Bertz CT molecular complexity index is 749. The van der Waals surface area contributed by atoms with E-state index in [0.717, 1.165) is 10.9 Å². The number of carboxylic acids is 1. The monoisotopic (exact) mass is 396 g/mol. The Morgan fingerprint density at radius 1 is 1.33 bits per heavy atom. The molecule has 0 fully saturated rings. The number of carbonyl (C=O) groups excluding carboxylic acids is 1. The predicted octanol–water partition coefficient (Wildman–Crippen LogP) is 3.32. The number of fused-ring (bicyclic) bond motifs is 1. The Balaban J connectivity index is 2.09. The van der Waals surface area contributed by atoms with Gasteiger partial charge in [0.15, 0.2) is 0 Å². The number of aromatic nitrogens is 1. The van der Waals surface area contributed by atoms with Gasteiger partial charge in [-0.05, 0) is 42.8 Å². The summed E-state index contributed by atoms with van der Waals surface area (Å²) in [6.07, 6.45) is 0.191. The standard InChI is InChI=1S/C17H21BrN2O4/c1-17(2,3)24-9-8-12(16(22)23)20-15(21)14-13(18)10-6-4-5-7-11(10)19-14/h4-7,12,19H,8-9H2,1-3H3,(H,20,21)(H,22,23). The number of carbonyl (C=O) groups is 2. The number of H-pyrrole nitrogens is 1. The van der Waals surface area contributed by atoms with Gasteiger partial charge in [0.25, 0.3) is 5.91 Å². The molecule has 7 heteroatoms. The van der Waals surface area contributed by atoms with E-state index >= 15 is 0 Å². The first-order valence-electron chi connectivity index (χ1n) is 7.63. The Labute approximate surface area is 148 Å². The molecule has 1 unspecified atom stereocenters. The number of aromatic amines is 1. The van der Waals surface area contributed by atoms with Crippen LogP contribution in [-0.4, -0.2) is 40.2 Å². The number of ether oxygens (including phenoxy) is 1. The number of hydrogen-bond acceptors (Lipinski definition) is 3. The summed E-state index contributed by atoms with van der Waals surface area (Å²) in [7, 11) is 0. The third kappa shape index (κ3) is 4.58. The summed E-state index contributed by atoms with van der Waals surface area (Å²) in [5.74, 6) is -1.56. The van der Waals surface area contributed by atoms with E-state index in [0.29, 0.717) is 10.2 Å². The molecule has 6 nitrogen and oxygen atoms in total. The normalized spacial score (nSPS) is 13.0. The molecule has 0 aliphatic heterocycles. The highest BCUT2D eigenvalue weighted by Crippen LogP contribution is 2.27. The largest absolute Gasteiger partial charge is 0.480 e. The molecule has 0 radical (unpaired) electrons. The van der Waals surface area contributed by atoms with Gasteiger partial charge in [0, 0.05) is 23.9 Å². The van der Waals surface area contributed by atoms with Gasteiger partial charge >= 0.3 is 5.97 Å². The van der Waals surface area contributed by atoms with Crippen LogP contribution in [0.25, 0.3) is 10.9 Å². The fourth-order valence-electron chi connectivity index (χ4n) is 2.23. The fraction of sp³-hybridized carbons (Fsp3) is 0.412. The fourth-order valence-corrected chi connectivity index (χ4v) is 2.86. The Kier molecular flexibility index (Phi) is 5.66. The van der Waals surface area contributed by atoms with E-state index in [4.69, 9.17) is 4.74 Å². The lowest BCUT2D eigenvalue weighted by molar-refractivity contribution is -0.140. The number of benzene rings is 1. The van der Waals surface area contributed by atoms with Crippen molar-refractivity contribution in [2.75, 3.05) is 6.61 Å². The smallest absolute Gasteiger partial charge is 0.326 e. The number of hydrogen-bond donors (Lipinski definition) is 3. The van der Waals surface area contributed by atoms with Gasteiger partial charge in [0.1, 0.15) is 11.7 Å². The van der Waals surface area contributed by atoms with Gasteiger partial charge in [-0.25, -0.2) is 4.79 Å². The molecular weight excluding hydrogens is 376 g/mol. The van der Waals surface area contributed by atoms with Crippen LogP contribution in [0.4, 0.5) is 0 Å². The minimum absolute atomic E-state index is 0.191. The maximum Gasteiger partial charge on any atom is 0.326 e. The average molecular weight is 397 g/mol. The summed E-state index contributed by atoms with van der Waals surface area (Å²) in [6, 6.07) is 6.43. The van der Waals surface area contributed by atoms with Crippen molar-refractivity contribution in [3.05, 3.63) is 34.4 Å². The van der Waals surface area contributed by atoms with Crippen LogP contribution in [0.15, 0.2) is 28.7 Å². The lowest BCUT2D eigenvalue weighted by Gasteiger charge is -2.21. The second-order valence-corrected chi connectivity index (χ2v) is 7.27. The van der Waals surface area contributed by atoms with Crippen LogP contribution in [0.2, 0.25) is 0 Å². The maximum absolute atomic E-state index is 12.4. The summed E-state index contributed by atoms with van der Waals surface area (Å²) < 4.78 is 6.15. The van der Waals surface area contributed by atoms with Crippen molar-refractivity contribution in [1.82, 2.24) is 10.3 Å². The Morgan fingerprint density at radius 2 is 2.00 bits per heavy atom. The van der Waals surface area contributed by atoms with Gasteiger partial charge in [-0.3, -0.25) is 4.79 Å². The van der Waals surface area contributed by atoms with Gasteiger partial charge in [-0.1, -0.05) is 18.2 Å². The Morgan fingerprint density at radius 3 is 2.58 bits per heavy atom. The molecule has 0 aliphatic carbocycles. The van der Waals surface area contributed by atoms with E-state index in [-0.39, 0.29) is 18.6 Å². The zero-order valence-electron chi connectivity index (χ0n) is 13.9. The summed E-state index contributed by atoms with van der Waals surface area (Å²) in [6.45, 7) is 5.92. The quantitative estimate of drug-likeness (QED) is 0.698. The molecule has 1 aromatic carbocycles. The van der Waals surface area contributed by atoms with Crippen molar-refractivity contribution >= 4 is 38.7 Å². The van der Waals surface area contributed by atoms with E-state index in [1.807, 2.05) is 45.0 Å². The Hall–Kier alpha value is -1.86. The first-order chi connectivity index (χ1) is 11.2. The molecule has 2 rings (SSSR count). The highest BCUT2D eigenvalue weighted by molar-refractivity contribution is 9.10. The van der Waals surface area contributed by atoms with E-state index in [1.54, 1.807) is 0 Å². The summed E-state index contributed by atoms with van der Waals surface area (Å²) in [5.41, 5.74) is 0.754. The van der Waals surface area contributed by atoms with Crippen LogP contribution >= 0.6 is 15.9 Å². The third-order valence-corrected chi connectivity index (χ3v) is 4.24. The molecule has 2 aromatic rings. The molecule has 0 saturated carbocycles. The minimum atomic E-state index is -1.09. The molecule has 0 spiro atoms. The van der Waals surface area contributed by atoms with Gasteiger partial charge in [-0.15, -0.1) is 0 Å². The lowest BCUT2D eigenvalue weighted by atomic mass is 10.1. The number of rotatable bonds is 6. The third-order valence-electron chi connectivity index (χ3n) is 3.41. The minimum Gasteiger partial charge on any atom is -0.480 e. The van der Waals surface area contributed by atoms with E-state index in [2.05, 4.69) is 26.2 Å². The molecule has 3 N–H and O–H groups in total. The first-order valence-corrected chi connectivity index (χ1v) is 8.42. The van der Waals surface area contributed by atoms with Crippen LogP contribution in [-0.2, 0) is 9.53 Å². The highest BCUT2D eigenvalue weighted by atomic mass is 79.9. The second-order valence-electron chi connectivity index (χ2n) is 6.47. The SMILES string of the molecule is CC(C)(C)OCCC(NC(=O)c1[nH]c2ccccc2c1Br)C(=O)O. The molecular formula is C17H21BrN2O4. The van der Waals surface area contributed by atoms with Gasteiger partial charge in [0.2, 0.25) is 0 Å². The van der Waals surface area contributed by atoms with Crippen LogP contribution in [0.3, 0.4) is 0 Å². The number of nitrogens with one attached hydrogen (secondary N) is 2. The van der Waals surface area contributed by atoms with Crippen LogP contribution in [0.5, 0.6) is 0 Å². The second kappa shape index (κ2) is 7.36. The van der Waals surface area contributed by atoms with Crippen molar-refractivity contribution in [3.63, 3.8) is 0 Å². The summed E-state index contributed by atoms with van der Waals surface area (Å²) in [4.78, 5) is 26.8. The average Bonchev–Trinajstić information content (AvgIpc) is 2.82. The number of halogens is 1. The van der Waals surface area contributed by atoms with Gasteiger partial charge in [-0.2, -0.15) is 0 Å². The molecule has 0 saturated heterocycles. The van der Waals surface area contributed by atoms with Crippen molar-refractivity contribution in [2.24, 2.45) is 0 Å². The van der Waals surface area contributed by atoms with E-state index < -0.39 is 17.9 Å². The summed E-state index contributed by atoms with van der Waals surface area (Å²) >= 11 is 3.39. The molecule has 0 bridgehead atoms. The van der Waals surface area contributed by atoms with Gasteiger partial charge < -0.3 is 20.1 Å². The van der Waals surface area contributed by atoms with Crippen molar-refractivity contribution in [1.29, 1.82) is 0 Å². The van der Waals surface area contributed by atoms with E-state index in [1.165, 1.54) is 0 Å².